The van der Waals surface area contributed by atoms with Gasteiger partial charge in [0, 0.05) is 12.2 Å². The van der Waals surface area contributed by atoms with Crippen LogP contribution >= 0.6 is 0 Å². The first-order valence-electron chi connectivity index (χ1n) is 8.98. The SMILES string of the molecule is CCOc1ccccc1NC(=O)c1nc(C(=O)NC2CC2)c2ccccn12. The van der Waals surface area contributed by atoms with E-state index in [1.165, 1.54) is 0 Å². The van der Waals surface area contributed by atoms with Crippen LogP contribution in [0.1, 0.15) is 40.9 Å². The van der Waals surface area contributed by atoms with Gasteiger partial charge in [0.05, 0.1) is 17.8 Å². The summed E-state index contributed by atoms with van der Waals surface area (Å²) >= 11 is 0. The van der Waals surface area contributed by atoms with Crippen molar-refractivity contribution in [3.8, 4) is 5.75 Å². The van der Waals surface area contributed by atoms with E-state index in [1.54, 1.807) is 34.9 Å². The number of pyridine rings is 1. The van der Waals surface area contributed by atoms with Crippen molar-refractivity contribution in [3.05, 3.63) is 60.2 Å². The number of hydrogen-bond acceptors (Lipinski definition) is 4. The molecule has 1 saturated carbocycles. The third kappa shape index (κ3) is 3.48. The van der Waals surface area contributed by atoms with Gasteiger partial charge in [-0.25, -0.2) is 4.98 Å². The molecule has 138 valence electrons. The van der Waals surface area contributed by atoms with Crippen LogP contribution in [0, 0.1) is 0 Å². The normalized spacial score (nSPS) is 13.4. The molecular weight excluding hydrogens is 344 g/mol. The largest absolute Gasteiger partial charge is 0.492 e. The van der Waals surface area contributed by atoms with E-state index in [-0.39, 0.29) is 23.5 Å². The van der Waals surface area contributed by atoms with Crippen LogP contribution in [0.5, 0.6) is 5.75 Å². The number of benzene rings is 1. The van der Waals surface area contributed by atoms with E-state index < -0.39 is 5.91 Å². The number of hydrogen-bond donors (Lipinski definition) is 2. The molecule has 1 fully saturated rings. The third-order valence-electron chi connectivity index (χ3n) is 4.31. The molecular formula is C20H20N4O3. The fourth-order valence-corrected chi connectivity index (χ4v) is 2.88. The van der Waals surface area contributed by atoms with Crippen molar-refractivity contribution in [1.82, 2.24) is 14.7 Å². The maximum Gasteiger partial charge on any atom is 0.292 e. The maximum atomic E-state index is 12.9. The average Bonchev–Trinajstić information content (AvgIpc) is 3.40. The summed E-state index contributed by atoms with van der Waals surface area (Å²) in [4.78, 5) is 29.7. The quantitative estimate of drug-likeness (QED) is 0.704. The molecule has 0 atom stereocenters. The van der Waals surface area contributed by atoms with E-state index in [4.69, 9.17) is 4.74 Å². The second-order valence-corrected chi connectivity index (χ2v) is 6.37. The summed E-state index contributed by atoms with van der Waals surface area (Å²) in [5.41, 5.74) is 1.41. The zero-order chi connectivity index (χ0) is 18.8. The molecule has 3 aromatic rings. The zero-order valence-corrected chi connectivity index (χ0v) is 14.9. The lowest BCUT2D eigenvalue weighted by molar-refractivity contribution is 0.0948. The van der Waals surface area contributed by atoms with E-state index in [1.807, 2.05) is 25.1 Å². The number of amides is 2. The summed E-state index contributed by atoms with van der Waals surface area (Å²) < 4.78 is 7.17. The number of carbonyl (C=O) groups excluding carboxylic acids is 2. The zero-order valence-electron chi connectivity index (χ0n) is 14.9. The number of nitrogens with one attached hydrogen (secondary N) is 2. The number of para-hydroxylation sites is 2. The van der Waals surface area contributed by atoms with Gasteiger partial charge in [-0.15, -0.1) is 0 Å². The summed E-state index contributed by atoms with van der Waals surface area (Å²) in [5, 5.41) is 5.75. The predicted molar refractivity (Wildman–Crippen MR) is 101 cm³/mol. The Hall–Kier alpha value is -3.35. The van der Waals surface area contributed by atoms with Crippen molar-refractivity contribution in [2.75, 3.05) is 11.9 Å². The van der Waals surface area contributed by atoms with Crippen LogP contribution in [0.4, 0.5) is 5.69 Å². The Morgan fingerprint density at radius 3 is 2.70 bits per heavy atom. The van der Waals surface area contributed by atoms with Crippen molar-refractivity contribution in [2.45, 2.75) is 25.8 Å². The highest BCUT2D eigenvalue weighted by atomic mass is 16.5. The van der Waals surface area contributed by atoms with E-state index >= 15 is 0 Å². The van der Waals surface area contributed by atoms with Gasteiger partial charge in [-0.1, -0.05) is 18.2 Å². The van der Waals surface area contributed by atoms with Gasteiger partial charge >= 0.3 is 0 Å². The molecule has 1 aliphatic carbocycles. The topological polar surface area (TPSA) is 84.7 Å². The number of imidazole rings is 1. The minimum atomic E-state index is -0.408. The van der Waals surface area contributed by atoms with Gasteiger partial charge in [0.25, 0.3) is 11.8 Å². The second-order valence-electron chi connectivity index (χ2n) is 6.37. The Balaban J connectivity index is 1.67. The lowest BCUT2D eigenvalue weighted by Gasteiger charge is -2.10. The van der Waals surface area contributed by atoms with Gasteiger partial charge in [0.2, 0.25) is 5.82 Å². The first kappa shape index (κ1) is 17.1. The van der Waals surface area contributed by atoms with Crippen molar-refractivity contribution >= 4 is 23.0 Å². The molecule has 0 radical (unpaired) electrons. The van der Waals surface area contributed by atoms with Crippen molar-refractivity contribution in [3.63, 3.8) is 0 Å². The first-order chi connectivity index (χ1) is 13.2. The van der Waals surface area contributed by atoms with Crippen molar-refractivity contribution < 1.29 is 14.3 Å². The Bertz CT molecular complexity index is 1010. The molecule has 2 N–H and O–H groups in total. The molecule has 2 heterocycles. The number of ether oxygens (including phenoxy) is 1. The summed E-state index contributed by atoms with van der Waals surface area (Å²) in [7, 11) is 0. The van der Waals surface area contributed by atoms with Gasteiger partial charge in [-0.3, -0.25) is 14.0 Å². The molecule has 4 rings (SSSR count). The van der Waals surface area contributed by atoms with Gasteiger partial charge < -0.3 is 15.4 Å². The summed E-state index contributed by atoms with van der Waals surface area (Å²) in [5.74, 6) is 0.0718. The molecule has 7 heteroatoms. The van der Waals surface area contributed by atoms with Crippen molar-refractivity contribution in [1.29, 1.82) is 0 Å². The number of carbonyl (C=O) groups is 2. The van der Waals surface area contributed by atoms with Crippen LogP contribution < -0.4 is 15.4 Å². The smallest absolute Gasteiger partial charge is 0.292 e. The molecule has 1 aromatic carbocycles. The minimum Gasteiger partial charge on any atom is -0.492 e. The van der Waals surface area contributed by atoms with Crippen LogP contribution in [-0.4, -0.2) is 33.8 Å². The standard InChI is InChI=1S/C20H20N4O3/c1-2-27-16-9-4-3-7-14(16)22-20(26)18-23-17(19(25)21-13-10-11-13)15-8-5-6-12-24(15)18/h3-9,12-13H,2,10-11H2,1H3,(H,21,25)(H,22,26). The Kier molecular flexibility index (Phi) is 4.50. The van der Waals surface area contributed by atoms with Crippen LogP contribution in [0.3, 0.4) is 0 Å². The third-order valence-corrected chi connectivity index (χ3v) is 4.31. The van der Waals surface area contributed by atoms with E-state index in [2.05, 4.69) is 15.6 Å². The number of aromatic nitrogens is 2. The molecule has 0 unspecified atom stereocenters. The second kappa shape index (κ2) is 7.11. The highest BCUT2D eigenvalue weighted by Crippen LogP contribution is 2.25. The number of nitrogens with zero attached hydrogens (tertiary/aromatic N) is 2. The molecule has 0 aliphatic heterocycles. The molecule has 2 aromatic heterocycles. The fourth-order valence-electron chi connectivity index (χ4n) is 2.88. The summed E-state index contributed by atoms with van der Waals surface area (Å²) in [6, 6.07) is 12.8. The van der Waals surface area contributed by atoms with Crippen LogP contribution in [-0.2, 0) is 0 Å². The monoisotopic (exact) mass is 364 g/mol. The molecule has 27 heavy (non-hydrogen) atoms. The number of fused-ring (bicyclic) bond motifs is 1. The lowest BCUT2D eigenvalue weighted by atomic mass is 10.3. The molecule has 0 spiro atoms. The van der Waals surface area contributed by atoms with Gasteiger partial charge in [0.1, 0.15) is 5.75 Å². The summed E-state index contributed by atoms with van der Waals surface area (Å²) in [6.07, 6.45) is 3.69. The molecule has 0 bridgehead atoms. The first-order valence-corrected chi connectivity index (χ1v) is 8.98. The Morgan fingerprint density at radius 1 is 1.15 bits per heavy atom. The minimum absolute atomic E-state index is 0.151. The molecule has 2 amide bonds. The van der Waals surface area contributed by atoms with Gasteiger partial charge in [-0.05, 0) is 44.0 Å². The number of anilines is 1. The molecule has 0 saturated heterocycles. The van der Waals surface area contributed by atoms with Crippen LogP contribution in [0.25, 0.3) is 5.52 Å². The highest BCUT2D eigenvalue weighted by Gasteiger charge is 2.27. The van der Waals surface area contributed by atoms with E-state index in [9.17, 15) is 9.59 Å². The highest BCUT2D eigenvalue weighted by molar-refractivity contribution is 6.06. The Morgan fingerprint density at radius 2 is 1.93 bits per heavy atom. The number of rotatable bonds is 6. The van der Waals surface area contributed by atoms with Crippen molar-refractivity contribution in [2.24, 2.45) is 0 Å². The van der Waals surface area contributed by atoms with Gasteiger partial charge in [0.15, 0.2) is 5.69 Å². The lowest BCUT2D eigenvalue weighted by Crippen LogP contribution is -2.26. The predicted octanol–water partition coefficient (Wildman–Crippen LogP) is 2.88. The van der Waals surface area contributed by atoms with Crippen LogP contribution in [0.15, 0.2) is 48.7 Å². The maximum absolute atomic E-state index is 12.9. The molecule has 1 aliphatic rings. The molecule has 7 nitrogen and oxygen atoms in total. The van der Waals surface area contributed by atoms with Crippen LogP contribution in [0.2, 0.25) is 0 Å². The average molecular weight is 364 g/mol. The Labute approximate surface area is 156 Å². The van der Waals surface area contributed by atoms with Gasteiger partial charge in [-0.2, -0.15) is 0 Å². The van der Waals surface area contributed by atoms with E-state index in [0.717, 1.165) is 12.8 Å². The van der Waals surface area contributed by atoms with E-state index in [0.29, 0.717) is 23.6 Å². The fraction of sp³-hybridized carbons (Fsp3) is 0.250. The summed E-state index contributed by atoms with van der Waals surface area (Å²) in [6.45, 7) is 2.37.